The van der Waals surface area contributed by atoms with Gasteiger partial charge in [-0.1, -0.05) is 12.1 Å². The number of carboxylic acids is 1. The van der Waals surface area contributed by atoms with Gasteiger partial charge in [0.1, 0.15) is 0 Å². The summed E-state index contributed by atoms with van der Waals surface area (Å²) in [5.41, 5.74) is 0.683. The van der Waals surface area contributed by atoms with Crippen LogP contribution in [-0.4, -0.2) is 43.4 Å². The SMILES string of the molecule is C=CCN(CC(=O)O)Cc1nc2ccccn2c1[N+](=O)[O-]. The third-order valence-electron chi connectivity index (χ3n) is 2.87. The van der Waals surface area contributed by atoms with Gasteiger partial charge in [0, 0.05) is 12.6 Å². The van der Waals surface area contributed by atoms with Crippen molar-refractivity contribution in [2.75, 3.05) is 13.1 Å². The molecule has 2 aromatic heterocycles. The summed E-state index contributed by atoms with van der Waals surface area (Å²) in [5.74, 6) is -1.16. The molecule has 0 bridgehead atoms. The molecule has 0 spiro atoms. The second-order valence-electron chi connectivity index (χ2n) is 4.42. The van der Waals surface area contributed by atoms with Crippen LogP contribution in [0.3, 0.4) is 0 Å². The topological polar surface area (TPSA) is 101 Å². The summed E-state index contributed by atoms with van der Waals surface area (Å²) >= 11 is 0. The zero-order valence-corrected chi connectivity index (χ0v) is 11.2. The molecule has 1 N–H and O–H groups in total. The van der Waals surface area contributed by atoms with Crippen molar-refractivity contribution in [3.63, 3.8) is 0 Å². The van der Waals surface area contributed by atoms with Gasteiger partial charge in [0.25, 0.3) is 0 Å². The van der Waals surface area contributed by atoms with Crippen molar-refractivity contribution in [3.05, 3.63) is 52.9 Å². The number of imidazole rings is 1. The molecule has 8 nitrogen and oxygen atoms in total. The van der Waals surface area contributed by atoms with Crippen molar-refractivity contribution in [1.82, 2.24) is 14.3 Å². The summed E-state index contributed by atoms with van der Waals surface area (Å²) in [5, 5.41) is 20.1. The molecule has 2 heterocycles. The highest BCUT2D eigenvalue weighted by Gasteiger charge is 2.24. The van der Waals surface area contributed by atoms with Crippen LogP contribution < -0.4 is 0 Å². The number of hydrogen-bond acceptors (Lipinski definition) is 5. The molecule has 0 fully saturated rings. The number of carbonyl (C=O) groups is 1. The molecule has 0 aliphatic heterocycles. The summed E-state index contributed by atoms with van der Waals surface area (Å²) < 4.78 is 1.38. The molecule has 110 valence electrons. The van der Waals surface area contributed by atoms with Crippen molar-refractivity contribution in [3.8, 4) is 0 Å². The Hall–Kier alpha value is -2.74. The van der Waals surface area contributed by atoms with E-state index in [-0.39, 0.29) is 24.6 Å². The molecular formula is C13H14N4O4. The Morgan fingerprint density at radius 3 is 2.95 bits per heavy atom. The number of pyridine rings is 1. The van der Waals surface area contributed by atoms with Crippen molar-refractivity contribution < 1.29 is 14.8 Å². The van der Waals surface area contributed by atoms with Gasteiger partial charge in [-0.3, -0.25) is 9.69 Å². The predicted octanol–water partition coefficient (Wildman–Crippen LogP) is 1.32. The smallest absolute Gasteiger partial charge is 0.352 e. The molecule has 2 aromatic rings. The number of nitro groups is 1. The lowest BCUT2D eigenvalue weighted by Crippen LogP contribution is -2.29. The van der Waals surface area contributed by atoms with Crippen molar-refractivity contribution in [2.45, 2.75) is 6.54 Å². The van der Waals surface area contributed by atoms with Gasteiger partial charge >= 0.3 is 11.8 Å². The van der Waals surface area contributed by atoms with Gasteiger partial charge in [0.2, 0.25) is 5.65 Å². The molecule has 2 rings (SSSR count). The maximum absolute atomic E-state index is 11.2. The van der Waals surface area contributed by atoms with E-state index in [0.29, 0.717) is 12.2 Å². The fourth-order valence-corrected chi connectivity index (χ4v) is 2.10. The minimum absolute atomic E-state index is 0.0658. The first-order valence-electron chi connectivity index (χ1n) is 6.18. The fourth-order valence-electron chi connectivity index (χ4n) is 2.10. The lowest BCUT2D eigenvalue weighted by atomic mass is 10.3. The molecule has 0 aliphatic rings. The monoisotopic (exact) mass is 290 g/mol. The van der Waals surface area contributed by atoms with Crippen molar-refractivity contribution in [2.24, 2.45) is 0 Å². The normalized spacial score (nSPS) is 10.9. The first-order valence-corrected chi connectivity index (χ1v) is 6.18. The number of carboxylic acid groups (broad SMARTS) is 1. The molecule has 0 aromatic carbocycles. The van der Waals surface area contributed by atoms with Gasteiger partial charge in [-0.25, -0.2) is 4.98 Å². The summed E-state index contributed by atoms with van der Waals surface area (Å²) in [7, 11) is 0. The molecule has 0 amide bonds. The van der Waals surface area contributed by atoms with E-state index in [1.807, 2.05) is 0 Å². The van der Waals surface area contributed by atoms with Crippen LogP contribution in [0.1, 0.15) is 5.69 Å². The Balaban J connectivity index is 2.40. The largest absolute Gasteiger partial charge is 0.480 e. The summed E-state index contributed by atoms with van der Waals surface area (Å²) in [6.45, 7) is 3.69. The highest BCUT2D eigenvalue weighted by atomic mass is 16.6. The third kappa shape index (κ3) is 3.23. The Labute approximate surface area is 120 Å². The van der Waals surface area contributed by atoms with Crippen LogP contribution >= 0.6 is 0 Å². The van der Waals surface area contributed by atoms with Crippen LogP contribution in [0, 0.1) is 10.1 Å². The van der Waals surface area contributed by atoms with Crippen LogP contribution in [0.25, 0.3) is 5.65 Å². The molecular weight excluding hydrogens is 276 g/mol. The third-order valence-corrected chi connectivity index (χ3v) is 2.87. The molecule has 8 heteroatoms. The molecule has 0 saturated carbocycles. The van der Waals surface area contributed by atoms with E-state index in [9.17, 15) is 14.9 Å². The Morgan fingerprint density at radius 2 is 2.33 bits per heavy atom. The van der Waals surface area contributed by atoms with E-state index >= 15 is 0 Å². The molecule has 21 heavy (non-hydrogen) atoms. The highest BCUT2D eigenvalue weighted by molar-refractivity contribution is 5.69. The fraction of sp³-hybridized carbons (Fsp3) is 0.231. The number of aromatic nitrogens is 2. The molecule has 0 aliphatic carbocycles. The summed E-state index contributed by atoms with van der Waals surface area (Å²) in [6.07, 6.45) is 3.10. The number of hydrogen-bond donors (Lipinski definition) is 1. The quantitative estimate of drug-likeness (QED) is 0.469. The first-order chi connectivity index (χ1) is 10.0. The zero-order chi connectivity index (χ0) is 15.4. The van der Waals surface area contributed by atoms with E-state index in [1.54, 1.807) is 30.5 Å². The van der Waals surface area contributed by atoms with E-state index < -0.39 is 10.9 Å². The molecule has 0 atom stereocenters. The van der Waals surface area contributed by atoms with Crippen LogP contribution in [0.15, 0.2) is 37.1 Å². The van der Waals surface area contributed by atoms with Gasteiger partial charge in [-0.2, -0.15) is 4.40 Å². The van der Waals surface area contributed by atoms with E-state index in [1.165, 1.54) is 9.30 Å². The number of fused-ring (bicyclic) bond motifs is 1. The maximum Gasteiger partial charge on any atom is 0.352 e. The van der Waals surface area contributed by atoms with Crippen LogP contribution in [0.5, 0.6) is 0 Å². The number of nitrogens with zero attached hydrogens (tertiary/aromatic N) is 4. The maximum atomic E-state index is 11.2. The average molecular weight is 290 g/mol. The lowest BCUT2D eigenvalue weighted by Gasteiger charge is -2.16. The predicted molar refractivity (Wildman–Crippen MR) is 75.0 cm³/mol. The van der Waals surface area contributed by atoms with E-state index in [2.05, 4.69) is 11.6 Å². The Bertz CT molecular complexity index is 695. The lowest BCUT2D eigenvalue weighted by molar-refractivity contribution is -0.391. The number of aliphatic carboxylic acids is 1. The first kappa shape index (κ1) is 14.7. The number of rotatable bonds is 7. The van der Waals surface area contributed by atoms with Crippen LogP contribution in [-0.2, 0) is 11.3 Å². The summed E-state index contributed by atoms with van der Waals surface area (Å²) in [6, 6.07) is 5.06. The van der Waals surface area contributed by atoms with Crippen LogP contribution in [0.4, 0.5) is 5.82 Å². The minimum atomic E-state index is -1.01. The Kier molecular flexibility index (Phi) is 4.29. The van der Waals surface area contributed by atoms with Gasteiger partial charge in [0.05, 0.1) is 19.3 Å². The van der Waals surface area contributed by atoms with Gasteiger partial charge in [-0.15, -0.1) is 6.58 Å². The molecule has 0 saturated heterocycles. The summed E-state index contributed by atoms with van der Waals surface area (Å²) in [4.78, 5) is 27.3. The van der Waals surface area contributed by atoms with Gasteiger partial charge in [-0.05, 0) is 11.0 Å². The van der Waals surface area contributed by atoms with E-state index in [0.717, 1.165) is 0 Å². The van der Waals surface area contributed by atoms with E-state index in [4.69, 9.17) is 5.11 Å². The zero-order valence-electron chi connectivity index (χ0n) is 11.2. The minimum Gasteiger partial charge on any atom is -0.480 e. The van der Waals surface area contributed by atoms with Gasteiger partial charge in [0.15, 0.2) is 5.69 Å². The average Bonchev–Trinajstić information content (AvgIpc) is 2.75. The van der Waals surface area contributed by atoms with Crippen molar-refractivity contribution >= 4 is 17.4 Å². The molecule has 0 unspecified atom stereocenters. The van der Waals surface area contributed by atoms with Crippen LogP contribution in [0.2, 0.25) is 0 Å². The highest BCUT2D eigenvalue weighted by Crippen LogP contribution is 2.21. The van der Waals surface area contributed by atoms with Gasteiger partial charge < -0.3 is 15.2 Å². The Morgan fingerprint density at radius 1 is 1.57 bits per heavy atom. The second-order valence-corrected chi connectivity index (χ2v) is 4.42. The second kappa shape index (κ2) is 6.14. The molecule has 0 radical (unpaired) electrons. The van der Waals surface area contributed by atoms with Crippen molar-refractivity contribution in [1.29, 1.82) is 0 Å². The standard InChI is InChI=1S/C13H14N4O4/c1-2-6-15(9-12(18)19)8-10-13(17(20)21)16-7-4-3-5-11(16)14-10/h2-5,7H,1,6,8-9H2,(H,18,19).